The van der Waals surface area contributed by atoms with Gasteiger partial charge in [0.25, 0.3) is 0 Å². The largest absolute Gasteiger partial charge is 0.361 e. The monoisotopic (exact) mass is 236 g/mol. The lowest BCUT2D eigenvalue weighted by Gasteiger charge is -2.30. The maximum atomic E-state index is 12.1. The first-order chi connectivity index (χ1) is 8.29. The zero-order valence-corrected chi connectivity index (χ0v) is 10.2. The number of nitriles is 1. The van der Waals surface area contributed by atoms with Gasteiger partial charge >= 0.3 is 0 Å². The minimum absolute atomic E-state index is 0.270. The van der Waals surface area contributed by atoms with Crippen LogP contribution in [0.1, 0.15) is 32.1 Å². The maximum absolute atomic E-state index is 12.1. The fraction of sp³-hybridized carbons (Fsp3) is 0.846. The van der Waals surface area contributed by atoms with Crippen LogP contribution in [0.5, 0.6) is 0 Å². The van der Waals surface area contributed by atoms with Crippen molar-refractivity contribution < 1.29 is 9.53 Å². The van der Waals surface area contributed by atoms with E-state index in [1.807, 2.05) is 0 Å². The molecule has 0 bridgehead atoms. The zero-order valence-electron chi connectivity index (χ0n) is 10.2. The number of hydrogen-bond acceptors (Lipinski definition) is 4. The molecule has 0 radical (unpaired) electrons. The molecule has 0 aromatic heterocycles. The van der Waals surface area contributed by atoms with Crippen molar-refractivity contribution in [3.8, 4) is 6.07 Å². The first-order valence-electron chi connectivity index (χ1n) is 6.56. The molecule has 1 aliphatic heterocycles. The second kappa shape index (κ2) is 6.13. The Kier molecular flexibility index (Phi) is 4.52. The van der Waals surface area contributed by atoms with Gasteiger partial charge in [-0.1, -0.05) is 19.3 Å². The van der Waals surface area contributed by atoms with Gasteiger partial charge in [-0.3, -0.25) is 9.69 Å². The topological polar surface area (TPSA) is 53.3 Å². The third-order valence-corrected chi connectivity index (χ3v) is 3.73. The predicted octanol–water partition coefficient (Wildman–Crippen LogP) is 1.36. The van der Waals surface area contributed by atoms with Gasteiger partial charge < -0.3 is 4.74 Å². The van der Waals surface area contributed by atoms with Crippen LogP contribution in [0.25, 0.3) is 0 Å². The summed E-state index contributed by atoms with van der Waals surface area (Å²) in [4.78, 5) is 14.2. The van der Waals surface area contributed by atoms with E-state index in [0.29, 0.717) is 25.5 Å². The Hall–Kier alpha value is -0.920. The Labute approximate surface area is 103 Å². The van der Waals surface area contributed by atoms with Gasteiger partial charge in [-0.05, 0) is 12.8 Å². The molecule has 0 N–H and O–H groups in total. The molecule has 2 fully saturated rings. The molecular formula is C13H20N2O2. The van der Waals surface area contributed by atoms with Crippen molar-refractivity contribution in [2.45, 2.75) is 38.2 Å². The summed E-state index contributed by atoms with van der Waals surface area (Å²) >= 11 is 0. The number of hydrogen-bond donors (Lipinski definition) is 0. The summed E-state index contributed by atoms with van der Waals surface area (Å²) in [6.45, 7) is 2.42. The second-order valence-electron chi connectivity index (χ2n) is 5.02. The third kappa shape index (κ3) is 3.52. The van der Waals surface area contributed by atoms with Crippen LogP contribution in [-0.2, 0) is 9.53 Å². The van der Waals surface area contributed by atoms with E-state index < -0.39 is 0 Å². The minimum atomic E-state index is -0.358. The highest BCUT2D eigenvalue weighted by atomic mass is 16.5. The third-order valence-electron chi connectivity index (χ3n) is 3.73. The van der Waals surface area contributed by atoms with Crippen molar-refractivity contribution in [2.24, 2.45) is 5.92 Å². The van der Waals surface area contributed by atoms with Gasteiger partial charge in [-0.25, -0.2) is 0 Å². The van der Waals surface area contributed by atoms with Crippen LogP contribution in [0.4, 0.5) is 0 Å². The molecule has 4 heteroatoms. The summed E-state index contributed by atoms with van der Waals surface area (Å²) in [5, 5.41) is 8.81. The molecule has 94 valence electrons. The molecule has 1 unspecified atom stereocenters. The highest BCUT2D eigenvalue weighted by molar-refractivity contribution is 5.83. The molecule has 0 aromatic rings. The molecular weight excluding hydrogens is 216 g/mol. The molecule has 1 aliphatic carbocycles. The minimum Gasteiger partial charge on any atom is -0.361 e. The van der Waals surface area contributed by atoms with Gasteiger partial charge in [0, 0.05) is 19.0 Å². The number of carbonyl (C=O) groups excluding carboxylic acids is 1. The van der Waals surface area contributed by atoms with Crippen molar-refractivity contribution in [1.29, 1.82) is 5.26 Å². The van der Waals surface area contributed by atoms with Crippen LogP contribution in [-0.4, -0.2) is 43.0 Å². The fourth-order valence-corrected chi connectivity index (χ4v) is 2.70. The first kappa shape index (κ1) is 12.5. The maximum Gasteiger partial charge on any atom is 0.156 e. The molecule has 1 saturated heterocycles. The molecule has 2 aliphatic rings. The van der Waals surface area contributed by atoms with Crippen LogP contribution in [0.2, 0.25) is 0 Å². The molecule has 1 saturated carbocycles. The van der Waals surface area contributed by atoms with Crippen molar-refractivity contribution >= 4 is 5.78 Å². The zero-order chi connectivity index (χ0) is 12.1. The van der Waals surface area contributed by atoms with Gasteiger partial charge in [0.05, 0.1) is 19.2 Å². The van der Waals surface area contributed by atoms with Crippen molar-refractivity contribution in [3.05, 3.63) is 0 Å². The van der Waals surface area contributed by atoms with Crippen LogP contribution in [0, 0.1) is 17.2 Å². The van der Waals surface area contributed by atoms with Crippen LogP contribution in [0.15, 0.2) is 0 Å². The number of carbonyl (C=O) groups is 1. The number of rotatable bonds is 3. The molecule has 0 spiro atoms. The van der Waals surface area contributed by atoms with Gasteiger partial charge in [0.2, 0.25) is 0 Å². The summed E-state index contributed by atoms with van der Waals surface area (Å²) in [6, 6.07) is 2.11. The molecule has 4 nitrogen and oxygen atoms in total. The summed E-state index contributed by atoms with van der Waals surface area (Å²) < 4.78 is 5.27. The van der Waals surface area contributed by atoms with E-state index >= 15 is 0 Å². The quantitative estimate of drug-likeness (QED) is 0.742. The summed E-state index contributed by atoms with van der Waals surface area (Å²) in [7, 11) is 0. The average Bonchev–Trinajstić information content (AvgIpc) is 2.40. The van der Waals surface area contributed by atoms with E-state index in [0.717, 1.165) is 19.4 Å². The van der Waals surface area contributed by atoms with Crippen LogP contribution >= 0.6 is 0 Å². The number of nitrogens with zero attached hydrogens (tertiary/aromatic N) is 2. The van der Waals surface area contributed by atoms with Crippen LogP contribution in [0.3, 0.4) is 0 Å². The Morgan fingerprint density at radius 3 is 2.82 bits per heavy atom. The van der Waals surface area contributed by atoms with Gasteiger partial charge in [0.1, 0.15) is 5.78 Å². The summed E-state index contributed by atoms with van der Waals surface area (Å²) in [5.41, 5.74) is 0. The van der Waals surface area contributed by atoms with Crippen molar-refractivity contribution in [2.75, 3.05) is 26.2 Å². The highest BCUT2D eigenvalue weighted by Gasteiger charge is 2.26. The number of ketones is 1. The van der Waals surface area contributed by atoms with E-state index in [2.05, 4.69) is 11.0 Å². The predicted molar refractivity (Wildman–Crippen MR) is 63.4 cm³/mol. The Bertz CT molecular complexity index is 305. The van der Waals surface area contributed by atoms with Gasteiger partial charge in [-0.2, -0.15) is 5.26 Å². The molecule has 1 atom stereocenters. The normalized spacial score (nSPS) is 27.6. The average molecular weight is 236 g/mol. The number of morpholine rings is 1. The van der Waals surface area contributed by atoms with E-state index in [-0.39, 0.29) is 12.0 Å². The molecule has 1 heterocycles. The number of ether oxygens (including phenoxy) is 1. The van der Waals surface area contributed by atoms with Crippen molar-refractivity contribution in [3.63, 3.8) is 0 Å². The second-order valence-corrected chi connectivity index (χ2v) is 5.02. The lowest BCUT2D eigenvalue weighted by atomic mass is 9.86. The molecule has 0 aromatic carbocycles. The molecule has 17 heavy (non-hydrogen) atoms. The SMILES string of the molecule is N#CC1CN(CC(=O)C2CCCCC2)CCO1. The van der Waals surface area contributed by atoms with Gasteiger partial charge in [0.15, 0.2) is 6.10 Å². The number of Topliss-reactive ketones (excluding diaryl/α,β-unsaturated/α-hetero) is 1. The lowest BCUT2D eigenvalue weighted by Crippen LogP contribution is -2.45. The van der Waals surface area contributed by atoms with E-state index in [1.54, 1.807) is 0 Å². The van der Waals surface area contributed by atoms with E-state index in [4.69, 9.17) is 10.00 Å². The Balaban J connectivity index is 1.79. The lowest BCUT2D eigenvalue weighted by molar-refractivity contribution is -0.126. The van der Waals surface area contributed by atoms with E-state index in [1.165, 1.54) is 19.3 Å². The standard InChI is InChI=1S/C13H20N2O2/c14-8-12-9-15(6-7-17-12)10-13(16)11-4-2-1-3-5-11/h11-12H,1-7,9-10H2. The Morgan fingerprint density at radius 1 is 1.35 bits per heavy atom. The van der Waals surface area contributed by atoms with Crippen LogP contribution < -0.4 is 0 Å². The molecule has 2 rings (SSSR count). The van der Waals surface area contributed by atoms with Gasteiger partial charge in [-0.15, -0.1) is 0 Å². The summed E-state index contributed by atoms with van der Waals surface area (Å²) in [5.74, 6) is 0.635. The smallest absolute Gasteiger partial charge is 0.156 e. The highest BCUT2D eigenvalue weighted by Crippen LogP contribution is 2.24. The summed E-state index contributed by atoms with van der Waals surface area (Å²) in [6.07, 6.45) is 5.43. The Morgan fingerprint density at radius 2 is 2.12 bits per heavy atom. The molecule has 0 amide bonds. The van der Waals surface area contributed by atoms with Crippen molar-refractivity contribution in [1.82, 2.24) is 4.90 Å². The van der Waals surface area contributed by atoms with E-state index in [9.17, 15) is 4.79 Å². The first-order valence-corrected chi connectivity index (χ1v) is 6.56. The fourth-order valence-electron chi connectivity index (χ4n) is 2.70.